The van der Waals surface area contributed by atoms with Gasteiger partial charge in [-0.25, -0.2) is 4.98 Å². The van der Waals surface area contributed by atoms with Crippen molar-refractivity contribution in [2.75, 3.05) is 32.6 Å². The Bertz CT molecular complexity index is 859. The number of hydrogen-bond acceptors (Lipinski definition) is 6. The topological polar surface area (TPSA) is 96.3 Å². The molecule has 0 saturated heterocycles. The van der Waals surface area contributed by atoms with Gasteiger partial charge in [-0.15, -0.1) is 6.58 Å². The standard InChI is InChI=1S/C20H22N4O3/c1-4-6-14-11-16(12-17(26-2)18(14)27-3)20(25)24-10-9-23-19-15(13-21)7-5-8-22-19/h4-5,7-8,11-12H,1,6,9-10H2,2-3H3,(H,22,23)(H,24,25). The number of nitriles is 1. The van der Waals surface area contributed by atoms with Crippen molar-refractivity contribution in [2.45, 2.75) is 6.42 Å². The van der Waals surface area contributed by atoms with Gasteiger partial charge in [-0.3, -0.25) is 4.79 Å². The van der Waals surface area contributed by atoms with E-state index in [4.69, 9.17) is 14.7 Å². The van der Waals surface area contributed by atoms with Crippen molar-refractivity contribution in [1.29, 1.82) is 5.26 Å². The highest BCUT2D eigenvalue weighted by atomic mass is 16.5. The highest BCUT2D eigenvalue weighted by Crippen LogP contribution is 2.33. The first-order chi connectivity index (χ1) is 13.1. The van der Waals surface area contributed by atoms with Crippen LogP contribution in [0, 0.1) is 11.3 Å². The molecule has 0 bridgehead atoms. The zero-order valence-electron chi connectivity index (χ0n) is 15.4. The Kier molecular flexibility index (Phi) is 7.20. The molecule has 2 aromatic rings. The van der Waals surface area contributed by atoms with E-state index in [1.165, 1.54) is 7.11 Å². The highest BCUT2D eigenvalue weighted by molar-refractivity contribution is 5.95. The number of benzene rings is 1. The minimum Gasteiger partial charge on any atom is -0.493 e. The lowest BCUT2D eigenvalue weighted by Gasteiger charge is -2.14. The monoisotopic (exact) mass is 366 g/mol. The summed E-state index contributed by atoms with van der Waals surface area (Å²) in [6.07, 6.45) is 3.90. The number of rotatable bonds is 9. The number of anilines is 1. The summed E-state index contributed by atoms with van der Waals surface area (Å²) >= 11 is 0. The third kappa shape index (κ3) is 4.98. The molecule has 27 heavy (non-hydrogen) atoms. The van der Waals surface area contributed by atoms with Gasteiger partial charge in [0.15, 0.2) is 11.5 Å². The molecular formula is C20H22N4O3. The van der Waals surface area contributed by atoms with E-state index >= 15 is 0 Å². The third-order valence-corrected chi connectivity index (χ3v) is 3.81. The molecule has 0 saturated carbocycles. The second-order valence-electron chi connectivity index (χ2n) is 5.56. The molecule has 1 aromatic carbocycles. The second-order valence-corrected chi connectivity index (χ2v) is 5.56. The molecular weight excluding hydrogens is 344 g/mol. The number of allylic oxidation sites excluding steroid dienone is 1. The lowest BCUT2D eigenvalue weighted by atomic mass is 10.0. The Labute approximate surface area is 158 Å². The zero-order chi connectivity index (χ0) is 19.6. The van der Waals surface area contributed by atoms with Gasteiger partial charge in [0.1, 0.15) is 11.9 Å². The number of amides is 1. The average molecular weight is 366 g/mol. The summed E-state index contributed by atoms with van der Waals surface area (Å²) < 4.78 is 10.7. The Morgan fingerprint density at radius 1 is 1.33 bits per heavy atom. The van der Waals surface area contributed by atoms with Crippen LogP contribution in [0.25, 0.3) is 0 Å². The molecule has 1 aromatic heterocycles. The Morgan fingerprint density at radius 3 is 2.81 bits per heavy atom. The molecule has 0 atom stereocenters. The van der Waals surface area contributed by atoms with Gasteiger partial charge in [-0.1, -0.05) is 6.08 Å². The summed E-state index contributed by atoms with van der Waals surface area (Å²) in [6, 6.07) is 8.85. The number of hydrogen-bond donors (Lipinski definition) is 2. The minimum absolute atomic E-state index is 0.232. The number of carbonyl (C=O) groups is 1. The maximum absolute atomic E-state index is 12.5. The molecule has 0 aliphatic rings. The zero-order valence-corrected chi connectivity index (χ0v) is 15.4. The largest absolute Gasteiger partial charge is 0.493 e. The van der Waals surface area contributed by atoms with Crippen LogP contribution in [-0.2, 0) is 6.42 Å². The smallest absolute Gasteiger partial charge is 0.251 e. The Balaban J connectivity index is 2.02. The SMILES string of the molecule is C=CCc1cc(C(=O)NCCNc2ncccc2C#N)cc(OC)c1OC. The Morgan fingerprint density at radius 2 is 2.15 bits per heavy atom. The molecule has 1 amide bonds. The fraction of sp³-hybridized carbons (Fsp3) is 0.250. The lowest BCUT2D eigenvalue weighted by molar-refractivity contribution is 0.0954. The number of nitrogens with one attached hydrogen (secondary N) is 2. The van der Waals surface area contributed by atoms with Crippen molar-refractivity contribution < 1.29 is 14.3 Å². The summed E-state index contributed by atoms with van der Waals surface area (Å²) in [5, 5.41) is 14.9. The van der Waals surface area contributed by atoms with Gasteiger partial charge in [0.2, 0.25) is 0 Å². The predicted molar refractivity (Wildman–Crippen MR) is 103 cm³/mol. The van der Waals surface area contributed by atoms with Gasteiger partial charge in [0.05, 0.1) is 19.8 Å². The van der Waals surface area contributed by atoms with E-state index in [0.29, 0.717) is 48.0 Å². The average Bonchev–Trinajstić information content (AvgIpc) is 2.70. The summed E-state index contributed by atoms with van der Waals surface area (Å²) in [7, 11) is 3.09. The van der Waals surface area contributed by atoms with Crippen molar-refractivity contribution >= 4 is 11.7 Å². The molecule has 7 nitrogen and oxygen atoms in total. The van der Waals surface area contributed by atoms with Crippen LogP contribution >= 0.6 is 0 Å². The van der Waals surface area contributed by atoms with E-state index in [1.807, 2.05) is 0 Å². The summed E-state index contributed by atoms with van der Waals surface area (Å²) in [6.45, 7) is 4.53. The van der Waals surface area contributed by atoms with Crippen LogP contribution < -0.4 is 20.1 Å². The normalized spacial score (nSPS) is 9.81. The van der Waals surface area contributed by atoms with Crippen LogP contribution in [0.4, 0.5) is 5.82 Å². The van der Waals surface area contributed by atoms with E-state index in [9.17, 15) is 4.79 Å². The Hall–Kier alpha value is -3.53. The van der Waals surface area contributed by atoms with Crippen LogP contribution in [0.3, 0.4) is 0 Å². The van der Waals surface area contributed by atoms with E-state index in [0.717, 1.165) is 5.56 Å². The van der Waals surface area contributed by atoms with E-state index in [1.54, 1.807) is 43.6 Å². The highest BCUT2D eigenvalue weighted by Gasteiger charge is 2.15. The maximum Gasteiger partial charge on any atom is 0.251 e. The van der Waals surface area contributed by atoms with Crippen LogP contribution in [0.15, 0.2) is 43.1 Å². The summed E-state index contributed by atoms with van der Waals surface area (Å²) in [5.41, 5.74) is 1.75. The summed E-state index contributed by atoms with van der Waals surface area (Å²) in [4.78, 5) is 16.6. The van der Waals surface area contributed by atoms with Crippen molar-refractivity contribution in [3.8, 4) is 17.6 Å². The molecule has 2 N–H and O–H groups in total. The molecule has 7 heteroatoms. The first-order valence-electron chi connectivity index (χ1n) is 8.37. The van der Waals surface area contributed by atoms with Crippen molar-refractivity contribution in [3.05, 3.63) is 59.8 Å². The van der Waals surface area contributed by atoms with Gasteiger partial charge in [0.25, 0.3) is 5.91 Å². The first-order valence-corrected chi connectivity index (χ1v) is 8.37. The van der Waals surface area contributed by atoms with Crippen LogP contribution in [0.1, 0.15) is 21.5 Å². The third-order valence-electron chi connectivity index (χ3n) is 3.81. The number of carbonyl (C=O) groups excluding carboxylic acids is 1. The van der Waals surface area contributed by atoms with Crippen LogP contribution in [-0.4, -0.2) is 38.2 Å². The molecule has 0 spiro atoms. The maximum atomic E-state index is 12.5. The number of aromatic nitrogens is 1. The number of methoxy groups -OCH3 is 2. The molecule has 0 aliphatic heterocycles. The first kappa shape index (κ1) is 19.8. The molecule has 0 radical (unpaired) electrons. The van der Waals surface area contributed by atoms with Crippen molar-refractivity contribution in [1.82, 2.24) is 10.3 Å². The number of ether oxygens (including phenoxy) is 2. The quantitative estimate of drug-likeness (QED) is 0.523. The van der Waals surface area contributed by atoms with Gasteiger partial charge in [-0.2, -0.15) is 5.26 Å². The minimum atomic E-state index is -0.232. The number of pyridine rings is 1. The molecule has 0 aliphatic carbocycles. The lowest BCUT2D eigenvalue weighted by Crippen LogP contribution is -2.29. The summed E-state index contributed by atoms with van der Waals surface area (Å²) in [5.74, 6) is 1.35. The molecule has 2 rings (SSSR count). The van der Waals surface area contributed by atoms with Gasteiger partial charge < -0.3 is 20.1 Å². The van der Waals surface area contributed by atoms with Gasteiger partial charge in [-0.05, 0) is 30.7 Å². The van der Waals surface area contributed by atoms with Crippen LogP contribution in [0.2, 0.25) is 0 Å². The van der Waals surface area contributed by atoms with Crippen LogP contribution in [0.5, 0.6) is 11.5 Å². The molecule has 0 unspecified atom stereocenters. The van der Waals surface area contributed by atoms with Crippen molar-refractivity contribution in [3.63, 3.8) is 0 Å². The van der Waals surface area contributed by atoms with Crippen molar-refractivity contribution in [2.24, 2.45) is 0 Å². The second kappa shape index (κ2) is 9.82. The van der Waals surface area contributed by atoms with Gasteiger partial charge in [0, 0.05) is 30.4 Å². The predicted octanol–water partition coefficient (Wildman–Crippen LogP) is 2.54. The molecule has 0 fully saturated rings. The molecule has 1 heterocycles. The van der Waals surface area contributed by atoms with Gasteiger partial charge >= 0.3 is 0 Å². The van der Waals surface area contributed by atoms with E-state index in [2.05, 4.69) is 28.3 Å². The fourth-order valence-electron chi connectivity index (χ4n) is 2.58. The number of nitrogens with zero attached hydrogens (tertiary/aromatic N) is 2. The molecule has 140 valence electrons. The fourth-order valence-corrected chi connectivity index (χ4v) is 2.58. The van der Waals surface area contributed by atoms with E-state index < -0.39 is 0 Å². The van der Waals surface area contributed by atoms with E-state index in [-0.39, 0.29) is 5.91 Å².